The lowest BCUT2D eigenvalue weighted by atomic mass is 9.75. The maximum absolute atomic E-state index is 11.9. The molecular formula is C14H18O2. The van der Waals surface area contributed by atoms with Gasteiger partial charge in [0.15, 0.2) is 11.6 Å². The van der Waals surface area contributed by atoms with E-state index in [4.69, 9.17) is 0 Å². The number of allylic oxidation sites excluding steroid dienone is 2. The molecule has 16 heavy (non-hydrogen) atoms. The zero-order chi connectivity index (χ0) is 12.2. The number of hydrogen-bond donors (Lipinski definition) is 0. The van der Waals surface area contributed by atoms with Crippen LogP contribution in [-0.4, -0.2) is 11.6 Å². The van der Waals surface area contributed by atoms with Crippen LogP contribution in [0.5, 0.6) is 0 Å². The zero-order valence-electron chi connectivity index (χ0n) is 10.2. The van der Waals surface area contributed by atoms with Crippen LogP contribution >= 0.6 is 0 Å². The largest absolute Gasteiger partial charge is 0.295 e. The molecule has 0 fully saturated rings. The molecule has 0 aliphatic heterocycles. The molecule has 0 saturated carbocycles. The Hall–Kier alpha value is -1.36. The van der Waals surface area contributed by atoms with E-state index in [2.05, 4.69) is 18.8 Å². The minimum atomic E-state index is -0.788. The Morgan fingerprint density at radius 2 is 2.12 bits per heavy atom. The molecule has 0 heterocycles. The van der Waals surface area contributed by atoms with Crippen LogP contribution in [0.3, 0.4) is 0 Å². The third-order valence-electron chi connectivity index (χ3n) is 2.78. The Labute approximate surface area is 97.1 Å². The summed E-state index contributed by atoms with van der Waals surface area (Å²) in [6.07, 6.45) is 4.59. The van der Waals surface area contributed by atoms with Crippen molar-refractivity contribution in [2.24, 2.45) is 5.41 Å². The van der Waals surface area contributed by atoms with E-state index in [0.29, 0.717) is 5.57 Å². The van der Waals surface area contributed by atoms with Gasteiger partial charge in [0.25, 0.3) is 0 Å². The first-order chi connectivity index (χ1) is 7.49. The molecule has 0 N–H and O–H groups in total. The Morgan fingerprint density at radius 3 is 2.75 bits per heavy atom. The van der Waals surface area contributed by atoms with Crippen molar-refractivity contribution in [1.29, 1.82) is 0 Å². The normalized spacial score (nSPS) is 24.8. The van der Waals surface area contributed by atoms with Crippen molar-refractivity contribution < 1.29 is 9.59 Å². The van der Waals surface area contributed by atoms with Crippen LogP contribution in [0.2, 0.25) is 0 Å². The Kier molecular flexibility index (Phi) is 4.06. The Balaban J connectivity index is 2.83. The Morgan fingerprint density at radius 1 is 1.44 bits per heavy atom. The van der Waals surface area contributed by atoms with E-state index in [-0.39, 0.29) is 18.0 Å². The average Bonchev–Trinajstić information content (AvgIpc) is 2.21. The predicted octanol–water partition coefficient (Wildman–Crippen LogP) is 2.67. The lowest BCUT2D eigenvalue weighted by Crippen LogP contribution is -2.33. The molecule has 2 nitrogen and oxygen atoms in total. The fourth-order valence-electron chi connectivity index (χ4n) is 1.85. The van der Waals surface area contributed by atoms with Gasteiger partial charge in [-0.2, -0.15) is 0 Å². The highest BCUT2D eigenvalue weighted by Crippen LogP contribution is 2.30. The van der Waals surface area contributed by atoms with Gasteiger partial charge in [-0.15, -0.1) is 5.92 Å². The summed E-state index contributed by atoms with van der Waals surface area (Å²) in [5, 5.41) is 0. The number of hydrogen-bond acceptors (Lipinski definition) is 2. The summed E-state index contributed by atoms with van der Waals surface area (Å²) in [7, 11) is 0. The molecule has 0 radical (unpaired) electrons. The lowest BCUT2D eigenvalue weighted by Gasteiger charge is -2.24. The van der Waals surface area contributed by atoms with Gasteiger partial charge >= 0.3 is 0 Å². The van der Waals surface area contributed by atoms with Gasteiger partial charge in [0, 0.05) is 12.8 Å². The van der Waals surface area contributed by atoms with E-state index in [0.717, 1.165) is 19.3 Å². The van der Waals surface area contributed by atoms with Gasteiger partial charge in [-0.3, -0.25) is 9.59 Å². The van der Waals surface area contributed by atoms with E-state index < -0.39 is 5.41 Å². The first kappa shape index (κ1) is 12.7. The van der Waals surface area contributed by atoms with Crippen molar-refractivity contribution in [2.45, 2.75) is 46.5 Å². The lowest BCUT2D eigenvalue weighted by molar-refractivity contribution is -0.127. The number of unbranched alkanes of at least 4 members (excludes halogenated alkanes) is 2. The number of Topliss-reactive ketones (excluding diaryl/α,β-unsaturated/α-hetero) is 1. The topological polar surface area (TPSA) is 34.1 Å². The van der Waals surface area contributed by atoms with Gasteiger partial charge in [0.2, 0.25) is 0 Å². The summed E-state index contributed by atoms with van der Waals surface area (Å²) in [4.78, 5) is 23.4. The van der Waals surface area contributed by atoms with Gasteiger partial charge in [-0.05, 0) is 31.9 Å². The Bertz CT molecular complexity index is 393. The molecule has 0 aromatic rings. The molecule has 86 valence electrons. The van der Waals surface area contributed by atoms with Crippen LogP contribution < -0.4 is 0 Å². The first-order valence-corrected chi connectivity index (χ1v) is 5.75. The van der Waals surface area contributed by atoms with Crippen LogP contribution in [0.4, 0.5) is 0 Å². The molecule has 0 spiro atoms. The molecule has 0 amide bonds. The SMILES string of the molecule is CCCCC#C[C@@]1(C)CC(=O)C=C(C)C1=O. The molecular weight excluding hydrogens is 200 g/mol. The fourth-order valence-corrected chi connectivity index (χ4v) is 1.85. The van der Waals surface area contributed by atoms with Crippen molar-refractivity contribution in [2.75, 3.05) is 0 Å². The minimum absolute atomic E-state index is 0.00361. The van der Waals surface area contributed by atoms with E-state index in [1.165, 1.54) is 6.08 Å². The quantitative estimate of drug-likeness (QED) is 0.527. The highest BCUT2D eigenvalue weighted by atomic mass is 16.1. The summed E-state index contributed by atoms with van der Waals surface area (Å²) in [5.41, 5.74) is -0.257. The second kappa shape index (κ2) is 5.12. The summed E-state index contributed by atoms with van der Waals surface area (Å²) in [6.45, 7) is 5.56. The maximum atomic E-state index is 11.9. The number of rotatable bonds is 2. The molecule has 1 aliphatic rings. The minimum Gasteiger partial charge on any atom is -0.295 e. The van der Waals surface area contributed by atoms with Crippen molar-refractivity contribution >= 4 is 11.6 Å². The summed E-state index contributed by atoms with van der Waals surface area (Å²) >= 11 is 0. The molecule has 0 aromatic carbocycles. The van der Waals surface area contributed by atoms with E-state index in [9.17, 15) is 9.59 Å². The second-order valence-electron chi connectivity index (χ2n) is 4.54. The number of carbonyl (C=O) groups excluding carboxylic acids is 2. The van der Waals surface area contributed by atoms with Gasteiger partial charge < -0.3 is 0 Å². The highest BCUT2D eigenvalue weighted by molar-refractivity contribution is 6.12. The van der Waals surface area contributed by atoms with Crippen molar-refractivity contribution in [3.05, 3.63) is 11.6 Å². The van der Waals surface area contributed by atoms with Crippen LogP contribution in [0, 0.1) is 17.3 Å². The van der Waals surface area contributed by atoms with Crippen LogP contribution in [-0.2, 0) is 9.59 Å². The van der Waals surface area contributed by atoms with Gasteiger partial charge in [0.1, 0.15) is 0 Å². The highest BCUT2D eigenvalue weighted by Gasteiger charge is 2.37. The molecule has 2 heteroatoms. The molecule has 1 aliphatic carbocycles. The van der Waals surface area contributed by atoms with Crippen LogP contribution in [0.25, 0.3) is 0 Å². The first-order valence-electron chi connectivity index (χ1n) is 5.75. The molecule has 0 aromatic heterocycles. The van der Waals surface area contributed by atoms with Crippen LogP contribution in [0.1, 0.15) is 46.5 Å². The predicted molar refractivity (Wildman–Crippen MR) is 63.8 cm³/mol. The second-order valence-corrected chi connectivity index (χ2v) is 4.54. The third-order valence-corrected chi connectivity index (χ3v) is 2.78. The van der Waals surface area contributed by atoms with E-state index in [1.807, 2.05) is 0 Å². The maximum Gasteiger partial charge on any atom is 0.176 e. The van der Waals surface area contributed by atoms with E-state index in [1.54, 1.807) is 13.8 Å². The molecule has 0 bridgehead atoms. The third kappa shape index (κ3) is 2.82. The van der Waals surface area contributed by atoms with Crippen molar-refractivity contribution in [1.82, 2.24) is 0 Å². The monoisotopic (exact) mass is 218 g/mol. The molecule has 0 unspecified atom stereocenters. The smallest absolute Gasteiger partial charge is 0.176 e. The average molecular weight is 218 g/mol. The molecule has 0 saturated heterocycles. The summed E-state index contributed by atoms with van der Waals surface area (Å²) in [6, 6.07) is 0. The summed E-state index contributed by atoms with van der Waals surface area (Å²) in [5.74, 6) is 6.00. The van der Waals surface area contributed by atoms with Crippen molar-refractivity contribution in [3.63, 3.8) is 0 Å². The fraction of sp³-hybridized carbons (Fsp3) is 0.571. The van der Waals surface area contributed by atoms with Crippen LogP contribution in [0.15, 0.2) is 11.6 Å². The molecule has 1 rings (SSSR count). The number of ketones is 2. The van der Waals surface area contributed by atoms with Crippen molar-refractivity contribution in [3.8, 4) is 11.8 Å². The van der Waals surface area contributed by atoms with E-state index >= 15 is 0 Å². The molecule has 1 atom stereocenters. The standard InChI is InChI=1S/C14H18O2/c1-4-5-6-7-8-14(3)10-12(15)9-11(2)13(14)16/h9H,4-6,10H2,1-3H3/t14-/m0/s1. The van der Waals surface area contributed by atoms with Gasteiger partial charge in [0.05, 0.1) is 5.41 Å². The number of carbonyl (C=O) groups is 2. The summed E-state index contributed by atoms with van der Waals surface area (Å²) < 4.78 is 0. The zero-order valence-corrected chi connectivity index (χ0v) is 10.2. The van der Waals surface area contributed by atoms with Gasteiger partial charge in [-0.1, -0.05) is 19.3 Å². The van der Waals surface area contributed by atoms with Gasteiger partial charge in [-0.25, -0.2) is 0 Å².